The summed E-state index contributed by atoms with van der Waals surface area (Å²) in [7, 11) is 1.57. The number of hydrogen-bond acceptors (Lipinski definition) is 3. The predicted molar refractivity (Wildman–Crippen MR) is 83.9 cm³/mol. The minimum Gasteiger partial charge on any atom is -0.384 e. The average molecular weight is 326 g/mol. The van der Waals surface area contributed by atoms with Gasteiger partial charge in [0, 0.05) is 19.2 Å². The first-order valence-corrected chi connectivity index (χ1v) is 7.96. The fraction of sp³-hybridized carbons (Fsp3) is 0.588. The van der Waals surface area contributed by atoms with E-state index in [1.165, 1.54) is 23.1 Å². The molecule has 0 radical (unpaired) electrons. The number of carbonyl (C=O) groups is 1. The second kappa shape index (κ2) is 7.84. The third kappa shape index (κ3) is 3.87. The Labute approximate surface area is 135 Å². The highest BCUT2D eigenvalue weighted by Gasteiger charge is 2.42. The number of amides is 1. The highest BCUT2D eigenvalue weighted by molar-refractivity contribution is 5.83. The molecule has 0 aromatic heterocycles. The molecule has 0 spiro atoms. The van der Waals surface area contributed by atoms with E-state index < -0.39 is 17.0 Å². The van der Waals surface area contributed by atoms with Gasteiger partial charge in [0.1, 0.15) is 11.6 Å². The van der Waals surface area contributed by atoms with Crippen molar-refractivity contribution in [3.63, 3.8) is 0 Å². The van der Waals surface area contributed by atoms with Gasteiger partial charge in [0.25, 0.3) is 0 Å². The van der Waals surface area contributed by atoms with E-state index >= 15 is 0 Å². The first-order chi connectivity index (χ1) is 11.0. The minimum absolute atomic E-state index is 0.0628. The first kappa shape index (κ1) is 17.8. The molecule has 1 heterocycles. The van der Waals surface area contributed by atoms with E-state index in [0.29, 0.717) is 26.0 Å². The third-order valence-electron chi connectivity index (χ3n) is 4.51. The number of nitrogens with zero attached hydrogens (tertiary/aromatic N) is 1. The van der Waals surface area contributed by atoms with Crippen molar-refractivity contribution in [2.75, 3.05) is 33.4 Å². The SMILES string of the molecule is CCN(Cc1c(F)cccc1F)C(=O)C1(COC)CCNCC1. The fourth-order valence-electron chi connectivity index (χ4n) is 3.14. The van der Waals surface area contributed by atoms with Crippen molar-refractivity contribution in [3.05, 3.63) is 35.4 Å². The third-order valence-corrected chi connectivity index (χ3v) is 4.51. The Balaban J connectivity index is 2.23. The van der Waals surface area contributed by atoms with Gasteiger partial charge in [-0.1, -0.05) is 6.07 Å². The maximum atomic E-state index is 13.9. The lowest BCUT2D eigenvalue weighted by Gasteiger charge is -2.39. The van der Waals surface area contributed by atoms with Crippen LogP contribution in [0.5, 0.6) is 0 Å². The van der Waals surface area contributed by atoms with Gasteiger partial charge in [0.05, 0.1) is 18.6 Å². The van der Waals surface area contributed by atoms with Crippen LogP contribution >= 0.6 is 0 Å². The van der Waals surface area contributed by atoms with Gasteiger partial charge in [-0.25, -0.2) is 8.78 Å². The van der Waals surface area contributed by atoms with Crippen molar-refractivity contribution in [2.45, 2.75) is 26.3 Å². The zero-order valence-electron chi connectivity index (χ0n) is 13.7. The molecule has 6 heteroatoms. The summed E-state index contributed by atoms with van der Waals surface area (Å²) in [5.74, 6) is -1.34. The molecule has 2 rings (SSSR count). The normalized spacial score (nSPS) is 17.0. The molecule has 0 atom stereocenters. The predicted octanol–water partition coefficient (Wildman–Crippen LogP) is 2.33. The Kier molecular flexibility index (Phi) is 6.07. The lowest BCUT2D eigenvalue weighted by molar-refractivity contribution is -0.148. The first-order valence-electron chi connectivity index (χ1n) is 7.96. The molecule has 1 aliphatic heterocycles. The van der Waals surface area contributed by atoms with Crippen LogP contribution in [-0.2, 0) is 16.1 Å². The van der Waals surface area contributed by atoms with Crippen LogP contribution in [0.25, 0.3) is 0 Å². The van der Waals surface area contributed by atoms with Gasteiger partial charge in [0.2, 0.25) is 5.91 Å². The number of carbonyl (C=O) groups excluding carboxylic acids is 1. The molecule has 23 heavy (non-hydrogen) atoms. The summed E-state index contributed by atoms with van der Waals surface area (Å²) >= 11 is 0. The number of piperidine rings is 1. The number of hydrogen-bond donors (Lipinski definition) is 1. The van der Waals surface area contributed by atoms with Crippen molar-refractivity contribution in [1.29, 1.82) is 0 Å². The quantitative estimate of drug-likeness (QED) is 0.872. The van der Waals surface area contributed by atoms with Gasteiger partial charge in [0.15, 0.2) is 0 Å². The lowest BCUT2D eigenvalue weighted by Crippen LogP contribution is -2.51. The van der Waals surface area contributed by atoms with E-state index in [1.54, 1.807) is 7.11 Å². The molecule has 1 N–H and O–H groups in total. The van der Waals surface area contributed by atoms with Crippen LogP contribution < -0.4 is 5.32 Å². The smallest absolute Gasteiger partial charge is 0.231 e. The van der Waals surface area contributed by atoms with E-state index in [-0.39, 0.29) is 18.0 Å². The molecule has 4 nitrogen and oxygen atoms in total. The second-order valence-electron chi connectivity index (χ2n) is 5.98. The number of halogens is 2. The Morgan fingerprint density at radius 2 is 1.91 bits per heavy atom. The molecule has 1 aromatic carbocycles. The molecule has 128 valence electrons. The van der Waals surface area contributed by atoms with Gasteiger partial charge in [-0.05, 0) is 45.0 Å². The molecule has 1 aromatic rings. The van der Waals surface area contributed by atoms with E-state index in [9.17, 15) is 13.6 Å². The highest BCUT2D eigenvalue weighted by atomic mass is 19.1. The topological polar surface area (TPSA) is 41.6 Å². The zero-order valence-corrected chi connectivity index (χ0v) is 13.7. The number of ether oxygens (including phenoxy) is 1. The van der Waals surface area contributed by atoms with Crippen molar-refractivity contribution in [2.24, 2.45) is 5.41 Å². The molecule has 1 saturated heterocycles. The monoisotopic (exact) mass is 326 g/mol. The largest absolute Gasteiger partial charge is 0.384 e. The molecule has 0 saturated carbocycles. The van der Waals surface area contributed by atoms with Crippen LogP contribution in [0.1, 0.15) is 25.3 Å². The standard InChI is InChI=1S/C17H24F2N2O2/c1-3-21(11-13-14(18)5-4-6-15(13)19)16(22)17(12-23-2)7-9-20-10-8-17/h4-6,20H,3,7-12H2,1-2H3. The maximum Gasteiger partial charge on any atom is 0.231 e. The van der Waals surface area contributed by atoms with Gasteiger partial charge in [-0.3, -0.25) is 4.79 Å². The fourth-order valence-corrected chi connectivity index (χ4v) is 3.14. The van der Waals surface area contributed by atoms with Crippen molar-refractivity contribution < 1.29 is 18.3 Å². The van der Waals surface area contributed by atoms with Crippen LogP contribution in [0.4, 0.5) is 8.78 Å². The van der Waals surface area contributed by atoms with Gasteiger partial charge in [-0.2, -0.15) is 0 Å². The average Bonchev–Trinajstić information content (AvgIpc) is 2.55. The van der Waals surface area contributed by atoms with Crippen molar-refractivity contribution >= 4 is 5.91 Å². The number of benzene rings is 1. The summed E-state index contributed by atoms with van der Waals surface area (Å²) < 4.78 is 33.0. The summed E-state index contributed by atoms with van der Waals surface area (Å²) in [5, 5.41) is 3.23. The summed E-state index contributed by atoms with van der Waals surface area (Å²) in [6, 6.07) is 3.75. The van der Waals surface area contributed by atoms with Crippen LogP contribution in [0.15, 0.2) is 18.2 Å². The molecular formula is C17H24F2N2O2. The van der Waals surface area contributed by atoms with Crippen LogP contribution in [0.3, 0.4) is 0 Å². The summed E-state index contributed by atoms with van der Waals surface area (Å²) in [4.78, 5) is 14.6. The zero-order chi connectivity index (χ0) is 16.9. The Morgan fingerprint density at radius 1 is 1.30 bits per heavy atom. The molecule has 0 unspecified atom stereocenters. The Morgan fingerprint density at radius 3 is 2.43 bits per heavy atom. The molecule has 1 aliphatic rings. The van der Waals surface area contributed by atoms with Crippen LogP contribution in [0.2, 0.25) is 0 Å². The molecular weight excluding hydrogens is 302 g/mol. The highest BCUT2D eigenvalue weighted by Crippen LogP contribution is 2.32. The van der Waals surface area contributed by atoms with Gasteiger partial charge < -0.3 is 15.0 Å². The maximum absolute atomic E-state index is 13.9. The number of nitrogens with one attached hydrogen (secondary N) is 1. The molecule has 1 fully saturated rings. The molecule has 1 amide bonds. The van der Waals surface area contributed by atoms with Crippen LogP contribution in [0, 0.1) is 17.0 Å². The van der Waals surface area contributed by atoms with Crippen molar-refractivity contribution in [1.82, 2.24) is 10.2 Å². The van der Waals surface area contributed by atoms with E-state index in [2.05, 4.69) is 5.32 Å². The molecule has 0 aliphatic carbocycles. The van der Waals surface area contributed by atoms with E-state index in [0.717, 1.165) is 13.1 Å². The van der Waals surface area contributed by atoms with Crippen LogP contribution in [-0.4, -0.2) is 44.2 Å². The van der Waals surface area contributed by atoms with E-state index in [4.69, 9.17) is 4.74 Å². The Hall–Kier alpha value is -1.53. The number of methoxy groups -OCH3 is 1. The number of rotatable bonds is 6. The van der Waals surface area contributed by atoms with Gasteiger partial charge in [-0.15, -0.1) is 0 Å². The summed E-state index contributed by atoms with van der Waals surface area (Å²) in [6.45, 7) is 3.95. The lowest BCUT2D eigenvalue weighted by atomic mass is 9.78. The Bertz CT molecular complexity index is 520. The van der Waals surface area contributed by atoms with E-state index in [1.807, 2.05) is 6.92 Å². The second-order valence-corrected chi connectivity index (χ2v) is 5.98. The minimum atomic E-state index is -0.623. The summed E-state index contributed by atoms with van der Waals surface area (Å²) in [6.07, 6.45) is 1.33. The van der Waals surface area contributed by atoms with Gasteiger partial charge >= 0.3 is 0 Å². The summed E-state index contributed by atoms with van der Waals surface area (Å²) in [5.41, 5.74) is -0.679. The van der Waals surface area contributed by atoms with Crippen molar-refractivity contribution in [3.8, 4) is 0 Å². The molecule has 0 bridgehead atoms.